The van der Waals surface area contributed by atoms with Crippen LogP contribution in [0, 0.1) is 5.92 Å². The van der Waals surface area contributed by atoms with E-state index in [0.29, 0.717) is 0 Å². The van der Waals surface area contributed by atoms with Gasteiger partial charge in [0, 0.05) is 23.6 Å². The number of rotatable bonds is 3. The summed E-state index contributed by atoms with van der Waals surface area (Å²) < 4.78 is 2.39. The molecule has 1 aliphatic rings. The molecule has 1 aliphatic carbocycles. The minimum Gasteiger partial charge on any atom is -0.347 e. The van der Waals surface area contributed by atoms with Crippen LogP contribution in [0.3, 0.4) is 0 Å². The molecule has 0 amide bonds. The lowest BCUT2D eigenvalue weighted by Gasteiger charge is -2.27. The van der Waals surface area contributed by atoms with Crippen LogP contribution in [0.4, 0.5) is 0 Å². The number of fused-ring (bicyclic) bond motifs is 1. The molecular formula is C17H24N2. The Kier molecular flexibility index (Phi) is 3.61. The Labute approximate surface area is 115 Å². The highest BCUT2D eigenvalue weighted by atomic mass is 14.9. The van der Waals surface area contributed by atoms with E-state index in [1.54, 1.807) is 5.56 Å². The van der Waals surface area contributed by atoms with E-state index in [-0.39, 0.29) is 0 Å². The van der Waals surface area contributed by atoms with Gasteiger partial charge in [-0.25, -0.2) is 0 Å². The lowest BCUT2D eigenvalue weighted by atomic mass is 9.79. The maximum atomic E-state index is 5.80. The fourth-order valence-electron chi connectivity index (χ4n) is 3.57. The van der Waals surface area contributed by atoms with E-state index in [1.165, 1.54) is 36.6 Å². The molecule has 3 rings (SSSR count). The standard InChI is InChI=1S/C17H24N2/c1-2-19-12-16(15-5-3-4-6-17(15)19)14-9-7-13(11-18)8-10-14/h3-6,12-14H,2,7-11,18H2,1H3. The largest absolute Gasteiger partial charge is 0.347 e. The van der Waals surface area contributed by atoms with Gasteiger partial charge in [-0.3, -0.25) is 0 Å². The molecule has 1 fully saturated rings. The molecule has 0 spiro atoms. The molecule has 1 aromatic heterocycles. The molecule has 1 heterocycles. The third kappa shape index (κ3) is 2.30. The fraction of sp³-hybridized carbons (Fsp3) is 0.529. The van der Waals surface area contributed by atoms with Gasteiger partial charge in [0.05, 0.1) is 0 Å². The molecule has 0 atom stereocenters. The second-order valence-electron chi connectivity index (χ2n) is 5.84. The van der Waals surface area contributed by atoms with Gasteiger partial charge in [-0.05, 0) is 62.6 Å². The van der Waals surface area contributed by atoms with Gasteiger partial charge in [0.25, 0.3) is 0 Å². The Bertz CT molecular complexity index is 547. The van der Waals surface area contributed by atoms with Gasteiger partial charge < -0.3 is 10.3 Å². The zero-order chi connectivity index (χ0) is 13.2. The molecule has 2 N–H and O–H groups in total. The number of aryl methyl sites for hydroxylation is 1. The molecule has 1 aromatic carbocycles. The van der Waals surface area contributed by atoms with E-state index in [0.717, 1.165) is 24.9 Å². The van der Waals surface area contributed by atoms with Crippen molar-refractivity contribution in [3.05, 3.63) is 36.0 Å². The first-order chi connectivity index (χ1) is 9.33. The average molecular weight is 256 g/mol. The first-order valence-corrected chi connectivity index (χ1v) is 7.61. The summed E-state index contributed by atoms with van der Waals surface area (Å²) in [6, 6.07) is 8.83. The predicted octanol–water partition coefficient (Wildman–Crippen LogP) is 3.89. The van der Waals surface area contributed by atoms with Crippen molar-refractivity contribution in [2.45, 2.75) is 45.1 Å². The second-order valence-corrected chi connectivity index (χ2v) is 5.84. The minimum absolute atomic E-state index is 0.737. The number of para-hydroxylation sites is 1. The summed E-state index contributed by atoms with van der Waals surface area (Å²) in [4.78, 5) is 0. The SMILES string of the molecule is CCn1cc(C2CCC(CN)CC2)c2ccccc21. The maximum absolute atomic E-state index is 5.80. The van der Waals surface area contributed by atoms with Crippen LogP contribution in [0.1, 0.15) is 44.1 Å². The Hall–Kier alpha value is -1.28. The van der Waals surface area contributed by atoms with Gasteiger partial charge in [-0.15, -0.1) is 0 Å². The smallest absolute Gasteiger partial charge is 0.0483 e. The summed E-state index contributed by atoms with van der Waals surface area (Å²) in [6.07, 6.45) is 7.59. The van der Waals surface area contributed by atoms with Crippen molar-refractivity contribution in [2.75, 3.05) is 6.54 Å². The van der Waals surface area contributed by atoms with Crippen molar-refractivity contribution in [3.8, 4) is 0 Å². The summed E-state index contributed by atoms with van der Waals surface area (Å²) >= 11 is 0. The van der Waals surface area contributed by atoms with Crippen molar-refractivity contribution >= 4 is 10.9 Å². The zero-order valence-corrected chi connectivity index (χ0v) is 11.8. The number of hydrogen-bond acceptors (Lipinski definition) is 1. The second kappa shape index (κ2) is 5.38. The van der Waals surface area contributed by atoms with Gasteiger partial charge in [-0.1, -0.05) is 18.2 Å². The third-order valence-corrected chi connectivity index (χ3v) is 4.78. The highest BCUT2D eigenvalue weighted by Crippen LogP contribution is 2.39. The van der Waals surface area contributed by atoms with Gasteiger partial charge in [-0.2, -0.15) is 0 Å². The average Bonchev–Trinajstić information content (AvgIpc) is 2.86. The molecule has 2 heteroatoms. The number of benzene rings is 1. The van der Waals surface area contributed by atoms with Gasteiger partial charge in [0.2, 0.25) is 0 Å². The van der Waals surface area contributed by atoms with Crippen molar-refractivity contribution in [3.63, 3.8) is 0 Å². The molecular weight excluding hydrogens is 232 g/mol. The Morgan fingerprint density at radius 1 is 1.16 bits per heavy atom. The summed E-state index contributed by atoms with van der Waals surface area (Å²) in [5.41, 5.74) is 8.75. The molecule has 0 bridgehead atoms. The zero-order valence-electron chi connectivity index (χ0n) is 11.8. The molecule has 0 aliphatic heterocycles. The van der Waals surface area contributed by atoms with Crippen LogP contribution in [-0.4, -0.2) is 11.1 Å². The minimum atomic E-state index is 0.737. The van der Waals surface area contributed by atoms with E-state index in [9.17, 15) is 0 Å². The third-order valence-electron chi connectivity index (χ3n) is 4.78. The Morgan fingerprint density at radius 3 is 2.58 bits per heavy atom. The lowest BCUT2D eigenvalue weighted by Crippen LogP contribution is -2.20. The maximum Gasteiger partial charge on any atom is 0.0483 e. The molecule has 2 nitrogen and oxygen atoms in total. The lowest BCUT2D eigenvalue weighted by molar-refractivity contribution is 0.333. The monoisotopic (exact) mass is 256 g/mol. The summed E-state index contributed by atoms with van der Waals surface area (Å²) in [7, 11) is 0. The fourth-order valence-corrected chi connectivity index (χ4v) is 3.57. The number of hydrogen-bond donors (Lipinski definition) is 1. The highest BCUT2D eigenvalue weighted by molar-refractivity contribution is 5.84. The van der Waals surface area contributed by atoms with Crippen LogP contribution in [0.25, 0.3) is 10.9 Å². The molecule has 19 heavy (non-hydrogen) atoms. The number of nitrogens with two attached hydrogens (primary N) is 1. The van der Waals surface area contributed by atoms with E-state index in [2.05, 4.69) is 42.0 Å². The van der Waals surface area contributed by atoms with Crippen LogP contribution in [0.15, 0.2) is 30.5 Å². The van der Waals surface area contributed by atoms with Crippen molar-refractivity contribution in [2.24, 2.45) is 11.7 Å². The van der Waals surface area contributed by atoms with Crippen molar-refractivity contribution in [1.29, 1.82) is 0 Å². The van der Waals surface area contributed by atoms with Crippen molar-refractivity contribution in [1.82, 2.24) is 4.57 Å². The van der Waals surface area contributed by atoms with E-state index >= 15 is 0 Å². The Morgan fingerprint density at radius 2 is 1.89 bits per heavy atom. The molecule has 0 radical (unpaired) electrons. The van der Waals surface area contributed by atoms with Crippen LogP contribution in [0.5, 0.6) is 0 Å². The van der Waals surface area contributed by atoms with E-state index < -0.39 is 0 Å². The van der Waals surface area contributed by atoms with E-state index in [1.807, 2.05) is 0 Å². The molecule has 0 saturated heterocycles. The quantitative estimate of drug-likeness (QED) is 0.887. The molecule has 1 saturated carbocycles. The van der Waals surface area contributed by atoms with Gasteiger partial charge in [0.15, 0.2) is 0 Å². The summed E-state index contributed by atoms with van der Waals surface area (Å²) in [6.45, 7) is 4.14. The molecule has 102 valence electrons. The number of nitrogens with zero attached hydrogens (tertiary/aromatic N) is 1. The first-order valence-electron chi connectivity index (χ1n) is 7.61. The predicted molar refractivity (Wildman–Crippen MR) is 81.4 cm³/mol. The van der Waals surface area contributed by atoms with Crippen LogP contribution in [-0.2, 0) is 6.54 Å². The topological polar surface area (TPSA) is 30.9 Å². The van der Waals surface area contributed by atoms with Crippen molar-refractivity contribution < 1.29 is 0 Å². The normalized spacial score (nSPS) is 23.9. The van der Waals surface area contributed by atoms with Crippen LogP contribution < -0.4 is 5.73 Å². The number of aromatic nitrogens is 1. The molecule has 0 unspecified atom stereocenters. The Balaban J connectivity index is 1.93. The summed E-state index contributed by atoms with van der Waals surface area (Å²) in [5.74, 6) is 1.50. The van der Waals surface area contributed by atoms with Crippen LogP contribution in [0.2, 0.25) is 0 Å². The first kappa shape index (κ1) is 12.7. The van der Waals surface area contributed by atoms with Gasteiger partial charge in [0.1, 0.15) is 0 Å². The summed E-state index contributed by atoms with van der Waals surface area (Å²) in [5, 5.41) is 1.46. The van der Waals surface area contributed by atoms with Gasteiger partial charge >= 0.3 is 0 Å². The van der Waals surface area contributed by atoms with E-state index in [4.69, 9.17) is 5.73 Å². The highest BCUT2D eigenvalue weighted by Gasteiger charge is 2.24. The van der Waals surface area contributed by atoms with Crippen LogP contribution >= 0.6 is 0 Å². The molecule has 2 aromatic rings.